The predicted octanol–water partition coefficient (Wildman–Crippen LogP) is 2.36. The van der Waals surface area contributed by atoms with Crippen LogP contribution in [0, 0.1) is 0 Å². The molecule has 0 radical (unpaired) electrons. The molecule has 1 saturated heterocycles. The van der Waals surface area contributed by atoms with Crippen LogP contribution in [0.2, 0.25) is 5.02 Å². The Bertz CT molecular complexity index is 1030. The lowest BCUT2D eigenvalue weighted by Gasteiger charge is -2.33. The molecule has 10 heteroatoms. The Morgan fingerprint density at radius 1 is 0.969 bits per heavy atom. The summed E-state index contributed by atoms with van der Waals surface area (Å²) in [5.41, 5.74) is 0.965. The minimum absolute atomic E-state index is 0.159. The number of methoxy groups -OCH3 is 1. The summed E-state index contributed by atoms with van der Waals surface area (Å²) in [6.45, 7) is 0.444. The number of piperazine rings is 1. The Labute approximate surface area is 192 Å². The minimum Gasteiger partial charge on any atom is -0.497 e. The van der Waals surface area contributed by atoms with Gasteiger partial charge in [-0.1, -0.05) is 23.7 Å². The van der Waals surface area contributed by atoms with Crippen LogP contribution in [0.1, 0.15) is 12.0 Å². The van der Waals surface area contributed by atoms with Gasteiger partial charge in [-0.15, -0.1) is 0 Å². The number of ether oxygens (including phenoxy) is 2. The summed E-state index contributed by atoms with van der Waals surface area (Å²) in [5, 5.41) is 0.456. The highest BCUT2D eigenvalue weighted by Crippen LogP contribution is 2.20. The van der Waals surface area contributed by atoms with E-state index in [0.717, 1.165) is 11.3 Å². The first kappa shape index (κ1) is 24.0. The van der Waals surface area contributed by atoms with Crippen LogP contribution >= 0.6 is 11.6 Å². The molecule has 8 nitrogen and oxygen atoms in total. The van der Waals surface area contributed by atoms with Gasteiger partial charge in [0.05, 0.1) is 12.0 Å². The van der Waals surface area contributed by atoms with Gasteiger partial charge in [0.2, 0.25) is 10.0 Å². The average molecular weight is 481 g/mol. The Morgan fingerprint density at radius 2 is 1.59 bits per heavy atom. The summed E-state index contributed by atoms with van der Waals surface area (Å²) in [6, 6.07) is 13.3. The smallest absolute Gasteiger partial charge is 0.306 e. The van der Waals surface area contributed by atoms with Crippen LogP contribution in [-0.2, 0) is 30.8 Å². The molecule has 2 aromatic rings. The van der Waals surface area contributed by atoms with Gasteiger partial charge in [-0.3, -0.25) is 9.59 Å². The standard InChI is InChI=1S/C22H25ClN2O6S/c1-30-19-7-2-17(3-8-19)4-11-22(27)31-16-21(26)24-12-14-25(15-13-24)32(28,29)20-9-5-18(23)6-10-20/h2-3,5-10H,4,11-16H2,1H3. The third-order valence-corrected chi connectivity index (χ3v) is 7.34. The highest BCUT2D eigenvalue weighted by atomic mass is 35.5. The highest BCUT2D eigenvalue weighted by molar-refractivity contribution is 7.89. The lowest BCUT2D eigenvalue weighted by Crippen LogP contribution is -2.51. The fourth-order valence-electron chi connectivity index (χ4n) is 3.28. The fraction of sp³-hybridized carbons (Fsp3) is 0.364. The second-order valence-electron chi connectivity index (χ2n) is 7.25. The highest BCUT2D eigenvalue weighted by Gasteiger charge is 2.30. The number of rotatable bonds is 8. The second-order valence-corrected chi connectivity index (χ2v) is 9.62. The summed E-state index contributed by atoms with van der Waals surface area (Å²) in [4.78, 5) is 26.0. The molecular weight excluding hydrogens is 456 g/mol. The summed E-state index contributed by atoms with van der Waals surface area (Å²) < 4.78 is 37.0. The van der Waals surface area contributed by atoms with Crippen LogP contribution in [0.5, 0.6) is 5.75 Å². The van der Waals surface area contributed by atoms with Crippen molar-refractivity contribution in [1.29, 1.82) is 0 Å². The topological polar surface area (TPSA) is 93.2 Å². The van der Waals surface area contributed by atoms with E-state index in [-0.39, 0.29) is 50.0 Å². The van der Waals surface area contributed by atoms with Crippen molar-refractivity contribution in [1.82, 2.24) is 9.21 Å². The zero-order valence-electron chi connectivity index (χ0n) is 17.7. The van der Waals surface area contributed by atoms with Crippen LogP contribution in [0.25, 0.3) is 0 Å². The normalized spacial score (nSPS) is 14.8. The van der Waals surface area contributed by atoms with E-state index in [1.165, 1.54) is 33.5 Å². The first-order chi connectivity index (χ1) is 15.3. The molecule has 0 unspecified atom stereocenters. The molecule has 0 bridgehead atoms. The number of hydrogen-bond donors (Lipinski definition) is 0. The van der Waals surface area contributed by atoms with E-state index in [0.29, 0.717) is 11.4 Å². The third kappa shape index (κ3) is 6.21. The minimum atomic E-state index is -3.65. The molecule has 1 heterocycles. The van der Waals surface area contributed by atoms with E-state index < -0.39 is 16.0 Å². The van der Waals surface area contributed by atoms with Crippen molar-refractivity contribution in [3.63, 3.8) is 0 Å². The number of amides is 1. The van der Waals surface area contributed by atoms with Crippen LogP contribution in [0.4, 0.5) is 0 Å². The SMILES string of the molecule is COc1ccc(CCC(=O)OCC(=O)N2CCN(S(=O)(=O)c3ccc(Cl)cc3)CC2)cc1. The van der Waals surface area contributed by atoms with E-state index in [1.54, 1.807) is 7.11 Å². The Balaban J connectivity index is 1.42. The van der Waals surface area contributed by atoms with Crippen LogP contribution in [0.15, 0.2) is 53.4 Å². The molecule has 1 fully saturated rings. The van der Waals surface area contributed by atoms with Crippen LogP contribution < -0.4 is 4.74 Å². The first-order valence-corrected chi connectivity index (χ1v) is 11.9. The maximum Gasteiger partial charge on any atom is 0.306 e. The number of esters is 1. The van der Waals surface area contributed by atoms with Gasteiger partial charge in [-0.25, -0.2) is 8.42 Å². The Kier molecular flexibility index (Phi) is 8.11. The number of sulfonamides is 1. The number of carbonyl (C=O) groups excluding carboxylic acids is 2. The van der Waals surface area contributed by atoms with Gasteiger partial charge < -0.3 is 14.4 Å². The summed E-state index contributed by atoms with van der Waals surface area (Å²) in [5.74, 6) is -0.0626. The van der Waals surface area contributed by atoms with Gasteiger partial charge in [-0.2, -0.15) is 4.31 Å². The molecular formula is C22H25ClN2O6S. The number of halogens is 1. The van der Waals surface area contributed by atoms with Crippen molar-refractivity contribution < 1.29 is 27.5 Å². The van der Waals surface area contributed by atoms with E-state index in [2.05, 4.69) is 0 Å². The van der Waals surface area contributed by atoms with Crippen molar-refractivity contribution in [3.8, 4) is 5.75 Å². The summed E-state index contributed by atoms with van der Waals surface area (Å²) in [7, 11) is -2.06. The largest absolute Gasteiger partial charge is 0.497 e. The molecule has 0 saturated carbocycles. The van der Waals surface area contributed by atoms with E-state index in [4.69, 9.17) is 21.1 Å². The van der Waals surface area contributed by atoms with Gasteiger partial charge in [0.15, 0.2) is 6.61 Å². The molecule has 0 aliphatic carbocycles. The zero-order valence-corrected chi connectivity index (χ0v) is 19.3. The quantitative estimate of drug-likeness (QED) is 0.538. The fourth-order valence-corrected chi connectivity index (χ4v) is 4.83. The van der Waals surface area contributed by atoms with Gasteiger partial charge in [0.1, 0.15) is 5.75 Å². The molecule has 32 heavy (non-hydrogen) atoms. The zero-order chi connectivity index (χ0) is 23.1. The molecule has 1 amide bonds. The molecule has 0 aromatic heterocycles. The van der Waals surface area contributed by atoms with Crippen molar-refractivity contribution >= 4 is 33.5 Å². The van der Waals surface area contributed by atoms with E-state index in [1.807, 2.05) is 24.3 Å². The summed E-state index contributed by atoms with van der Waals surface area (Å²) in [6.07, 6.45) is 0.658. The molecule has 2 aromatic carbocycles. The van der Waals surface area contributed by atoms with Crippen molar-refractivity contribution in [2.24, 2.45) is 0 Å². The molecule has 1 aliphatic heterocycles. The van der Waals surface area contributed by atoms with Crippen LogP contribution in [0.3, 0.4) is 0 Å². The van der Waals surface area contributed by atoms with Gasteiger partial charge >= 0.3 is 5.97 Å². The molecule has 1 aliphatic rings. The van der Waals surface area contributed by atoms with Crippen molar-refractivity contribution in [3.05, 3.63) is 59.1 Å². The second kappa shape index (κ2) is 10.8. The molecule has 0 N–H and O–H groups in total. The monoisotopic (exact) mass is 480 g/mol. The van der Waals surface area contributed by atoms with Gasteiger partial charge in [0.25, 0.3) is 5.91 Å². The number of carbonyl (C=O) groups is 2. The lowest BCUT2D eigenvalue weighted by molar-refractivity contribution is -0.152. The first-order valence-electron chi connectivity index (χ1n) is 10.1. The van der Waals surface area contributed by atoms with Gasteiger partial charge in [-0.05, 0) is 48.4 Å². The number of aryl methyl sites for hydroxylation is 1. The Morgan fingerprint density at radius 3 is 2.19 bits per heavy atom. The van der Waals surface area contributed by atoms with Crippen LogP contribution in [-0.4, -0.2) is 69.4 Å². The average Bonchev–Trinajstić information content (AvgIpc) is 2.82. The third-order valence-electron chi connectivity index (χ3n) is 5.18. The Hall–Kier alpha value is -2.62. The van der Waals surface area contributed by atoms with E-state index in [9.17, 15) is 18.0 Å². The van der Waals surface area contributed by atoms with Crippen molar-refractivity contribution in [2.75, 3.05) is 39.9 Å². The maximum atomic E-state index is 12.7. The number of benzene rings is 2. The van der Waals surface area contributed by atoms with E-state index >= 15 is 0 Å². The summed E-state index contributed by atoms with van der Waals surface area (Å²) >= 11 is 5.82. The lowest BCUT2D eigenvalue weighted by atomic mass is 10.1. The molecule has 0 spiro atoms. The number of hydrogen-bond acceptors (Lipinski definition) is 6. The number of nitrogens with zero attached hydrogens (tertiary/aromatic N) is 2. The van der Waals surface area contributed by atoms with Crippen molar-refractivity contribution in [2.45, 2.75) is 17.7 Å². The predicted molar refractivity (Wildman–Crippen MR) is 119 cm³/mol. The molecule has 172 valence electrons. The van der Waals surface area contributed by atoms with Gasteiger partial charge in [0, 0.05) is 37.6 Å². The molecule has 3 rings (SSSR count). The molecule has 0 atom stereocenters. The maximum absolute atomic E-state index is 12.7.